The zero-order valence-electron chi connectivity index (χ0n) is 12.6. The molecule has 0 aliphatic carbocycles. The first-order valence-electron chi connectivity index (χ1n) is 7.05. The highest BCUT2D eigenvalue weighted by atomic mass is 32.1. The van der Waals surface area contributed by atoms with Crippen molar-refractivity contribution >= 4 is 23.3 Å². The Balaban J connectivity index is 2.09. The second kappa shape index (κ2) is 5.35. The third-order valence-corrected chi connectivity index (χ3v) is 4.39. The number of rotatable bonds is 4. The van der Waals surface area contributed by atoms with Crippen LogP contribution < -0.4 is 9.47 Å². The first-order valence-corrected chi connectivity index (χ1v) is 7.46. The fourth-order valence-corrected chi connectivity index (χ4v) is 3.21. The van der Waals surface area contributed by atoms with E-state index >= 15 is 0 Å². The topological polar surface area (TPSA) is 48.4 Å². The molecular formula is C15H20N2O3S. The van der Waals surface area contributed by atoms with Crippen molar-refractivity contribution in [3.05, 3.63) is 16.9 Å². The molecule has 1 unspecified atom stereocenters. The molecule has 1 atom stereocenters. The highest BCUT2D eigenvalue weighted by Crippen LogP contribution is 2.34. The van der Waals surface area contributed by atoms with Gasteiger partial charge in [0.15, 0.2) is 16.3 Å². The summed E-state index contributed by atoms with van der Waals surface area (Å²) in [5, 5.41) is 0. The molecule has 114 valence electrons. The summed E-state index contributed by atoms with van der Waals surface area (Å²) < 4.78 is 19.4. The second-order valence-electron chi connectivity index (χ2n) is 5.64. The number of fused-ring (bicyclic) bond motifs is 1. The summed E-state index contributed by atoms with van der Waals surface area (Å²) in [5.74, 6) is 1.39. The van der Waals surface area contributed by atoms with Crippen LogP contribution in [0.3, 0.4) is 0 Å². The number of H-pyrrole nitrogens is 1. The Hall–Kier alpha value is -1.53. The van der Waals surface area contributed by atoms with Crippen LogP contribution in [-0.2, 0) is 11.3 Å². The van der Waals surface area contributed by atoms with Gasteiger partial charge in [-0.25, -0.2) is 0 Å². The normalized spacial score (nSPS) is 21.9. The van der Waals surface area contributed by atoms with Crippen molar-refractivity contribution in [2.75, 3.05) is 20.8 Å². The summed E-state index contributed by atoms with van der Waals surface area (Å²) in [4.78, 5) is 3.23. The van der Waals surface area contributed by atoms with Gasteiger partial charge in [0.1, 0.15) is 0 Å². The van der Waals surface area contributed by atoms with Gasteiger partial charge in [-0.1, -0.05) is 0 Å². The molecule has 0 amide bonds. The minimum Gasteiger partial charge on any atom is -0.493 e. The van der Waals surface area contributed by atoms with Crippen LogP contribution >= 0.6 is 12.2 Å². The van der Waals surface area contributed by atoms with E-state index in [9.17, 15) is 0 Å². The number of aromatic amines is 1. The molecule has 2 aromatic rings. The maximum absolute atomic E-state index is 5.88. The maximum atomic E-state index is 5.88. The lowest BCUT2D eigenvalue weighted by molar-refractivity contribution is 0.00678. The van der Waals surface area contributed by atoms with Crippen LogP contribution in [0.15, 0.2) is 12.1 Å². The minimum atomic E-state index is -0.152. The van der Waals surface area contributed by atoms with Crippen molar-refractivity contribution in [3.63, 3.8) is 0 Å². The molecule has 2 heterocycles. The van der Waals surface area contributed by atoms with Crippen LogP contribution in [0.4, 0.5) is 0 Å². The van der Waals surface area contributed by atoms with Gasteiger partial charge in [0.05, 0.1) is 37.4 Å². The van der Waals surface area contributed by atoms with Crippen molar-refractivity contribution in [2.45, 2.75) is 31.9 Å². The SMILES string of the molecule is COc1cc2[nH]c(=S)n(CC3(C)CCCO3)c2cc1OC. The van der Waals surface area contributed by atoms with Crippen LogP contribution in [0.1, 0.15) is 19.8 Å². The standard InChI is InChI=1S/C15H20N2O3S/c1-15(5-4-6-20-15)9-17-11-8-13(19-3)12(18-2)7-10(11)16-14(17)21/h7-8H,4-6,9H2,1-3H3,(H,16,21). The lowest BCUT2D eigenvalue weighted by atomic mass is 10.0. The molecule has 1 N–H and O–H groups in total. The van der Waals surface area contributed by atoms with E-state index in [1.165, 1.54) is 0 Å². The number of imidazole rings is 1. The van der Waals surface area contributed by atoms with Crippen molar-refractivity contribution in [2.24, 2.45) is 0 Å². The molecule has 6 heteroatoms. The highest BCUT2D eigenvalue weighted by Gasteiger charge is 2.31. The Morgan fingerprint density at radius 2 is 2.05 bits per heavy atom. The van der Waals surface area contributed by atoms with E-state index in [-0.39, 0.29) is 5.60 Å². The van der Waals surface area contributed by atoms with Crippen LogP contribution in [0, 0.1) is 4.77 Å². The lowest BCUT2D eigenvalue weighted by Crippen LogP contribution is -2.29. The fourth-order valence-electron chi connectivity index (χ4n) is 2.94. The summed E-state index contributed by atoms with van der Waals surface area (Å²) in [6.07, 6.45) is 2.15. The van der Waals surface area contributed by atoms with Gasteiger partial charge in [0.2, 0.25) is 0 Å². The Labute approximate surface area is 128 Å². The maximum Gasteiger partial charge on any atom is 0.178 e. The lowest BCUT2D eigenvalue weighted by Gasteiger charge is -2.24. The van der Waals surface area contributed by atoms with Crippen LogP contribution in [0.25, 0.3) is 11.0 Å². The summed E-state index contributed by atoms with van der Waals surface area (Å²) in [5.41, 5.74) is 1.80. The van der Waals surface area contributed by atoms with E-state index in [2.05, 4.69) is 16.5 Å². The Morgan fingerprint density at radius 1 is 1.33 bits per heavy atom. The van der Waals surface area contributed by atoms with E-state index in [1.807, 2.05) is 12.1 Å². The van der Waals surface area contributed by atoms with Crippen LogP contribution in [0.2, 0.25) is 0 Å². The molecule has 0 radical (unpaired) electrons. The summed E-state index contributed by atoms with van der Waals surface area (Å²) in [6.45, 7) is 3.70. The van der Waals surface area contributed by atoms with Crippen LogP contribution in [-0.4, -0.2) is 36.0 Å². The first-order chi connectivity index (χ1) is 10.1. The molecule has 21 heavy (non-hydrogen) atoms. The van der Waals surface area contributed by atoms with Gasteiger partial charge in [-0.15, -0.1) is 0 Å². The van der Waals surface area contributed by atoms with Gasteiger partial charge >= 0.3 is 0 Å². The summed E-state index contributed by atoms with van der Waals surface area (Å²) in [7, 11) is 3.26. The molecule has 0 spiro atoms. The summed E-state index contributed by atoms with van der Waals surface area (Å²) >= 11 is 5.47. The van der Waals surface area contributed by atoms with Crippen LogP contribution in [0.5, 0.6) is 11.5 Å². The van der Waals surface area contributed by atoms with Crippen molar-refractivity contribution in [1.29, 1.82) is 0 Å². The average molecular weight is 308 g/mol. The number of ether oxygens (including phenoxy) is 3. The van der Waals surface area contributed by atoms with E-state index in [4.69, 9.17) is 26.4 Å². The average Bonchev–Trinajstić information content (AvgIpc) is 3.02. The monoisotopic (exact) mass is 308 g/mol. The molecule has 1 aliphatic heterocycles. The third kappa shape index (κ3) is 2.53. The van der Waals surface area contributed by atoms with Gasteiger partial charge in [-0.05, 0) is 32.0 Å². The van der Waals surface area contributed by atoms with E-state index in [0.717, 1.165) is 37.0 Å². The molecule has 1 aliphatic rings. The number of benzene rings is 1. The Kier molecular flexibility index (Phi) is 3.67. The number of nitrogens with zero attached hydrogens (tertiary/aromatic N) is 1. The number of nitrogens with one attached hydrogen (secondary N) is 1. The number of aromatic nitrogens is 2. The minimum absolute atomic E-state index is 0.152. The smallest absolute Gasteiger partial charge is 0.178 e. The molecule has 1 saturated heterocycles. The molecule has 0 saturated carbocycles. The Bertz CT molecular complexity index is 714. The Morgan fingerprint density at radius 3 is 2.67 bits per heavy atom. The predicted octanol–water partition coefficient (Wildman–Crippen LogP) is 3.29. The van der Waals surface area contributed by atoms with Gasteiger partial charge in [-0.2, -0.15) is 0 Å². The van der Waals surface area contributed by atoms with E-state index < -0.39 is 0 Å². The zero-order chi connectivity index (χ0) is 15.0. The molecule has 3 rings (SSSR count). The fraction of sp³-hybridized carbons (Fsp3) is 0.533. The van der Waals surface area contributed by atoms with Crippen molar-refractivity contribution in [3.8, 4) is 11.5 Å². The van der Waals surface area contributed by atoms with E-state index in [0.29, 0.717) is 16.3 Å². The molecule has 1 fully saturated rings. The predicted molar refractivity (Wildman–Crippen MR) is 83.8 cm³/mol. The van der Waals surface area contributed by atoms with Gasteiger partial charge in [0, 0.05) is 18.7 Å². The zero-order valence-corrected chi connectivity index (χ0v) is 13.4. The third-order valence-electron chi connectivity index (χ3n) is 4.07. The van der Waals surface area contributed by atoms with Gasteiger partial charge in [-0.3, -0.25) is 0 Å². The largest absolute Gasteiger partial charge is 0.493 e. The van der Waals surface area contributed by atoms with E-state index in [1.54, 1.807) is 14.2 Å². The van der Waals surface area contributed by atoms with Crippen molar-refractivity contribution < 1.29 is 14.2 Å². The number of hydrogen-bond donors (Lipinski definition) is 1. The van der Waals surface area contributed by atoms with Gasteiger partial charge in [0.25, 0.3) is 0 Å². The van der Waals surface area contributed by atoms with Gasteiger partial charge < -0.3 is 23.8 Å². The number of methoxy groups -OCH3 is 2. The molecule has 5 nitrogen and oxygen atoms in total. The first kappa shape index (κ1) is 14.4. The number of hydrogen-bond acceptors (Lipinski definition) is 4. The molecular weight excluding hydrogens is 288 g/mol. The second-order valence-corrected chi connectivity index (χ2v) is 6.03. The quantitative estimate of drug-likeness (QED) is 0.881. The highest BCUT2D eigenvalue weighted by molar-refractivity contribution is 7.71. The molecule has 0 bridgehead atoms. The molecule has 1 aromatic carbocycles. The molecule has 1 aromatic heterocycles. The van der Waals surface area contributed by atoms with Crippen molar-refractivity contribution in [1.82, 2.24) is 9.55 Å². The summed E-state index contributed by atoms with van der Waals surface area (Å²) in [6, 6.07) is 3.87.